The number of allylic oxidation sites excluding steroid dienone is 1. The average molecular weight is 812 g/mol. The number of pyridine rings is 1. The average Bonchev–Trinajstić information content (AvgIpc) is 3.42. The normalized spacial score (nSPS) is 39.9. The first kappa shape index (κ1) is 42.1. The van der Waals surface area contributed by atoms with Crippen LogP contribution in [0.25, 0.3) is 0 Å². The predicted molar refractivity (Wildman–Crippen MR) is 224 cm³/mol. The third kappa shape index (κ3) is 5.96. The van der Waals surface area contributed by atoms with E-state index in [1.165, 1.54) is 5.57 Å². The number of hydrogen-bond donors (Lipinski definition) is 3. The molecule has 0 unspecified atom stereocenters. The third-order valence-electron chi connectivity index (χ3n) is 19.0. The van der Waals surface area contributed by atoms with E-state index in [-0.39, 0.29) is 69.6 Å². The van der Waals surface area contributed by atoms with Gasteiger partial charge in [0.2, 0.25) is 5.91 Å². The van der Waals surface area contributed by atoms with Gasteiger partial charge in [-0.2, -0.15) is 0 Å². The highest BCUT2D eigenvalue weighted by Crippen LogP contribution is 2.76. The largest absolute Gasteiger partial charge is 0.481 e. The van der Waals surface area contributed by atoms with E-state index in [9.17, 15) is 29.1 Å². The quantitative estimate of drug-likeness (QED) is 0.221. The molecule has 1 aromatic rings. The van der Waals surface area contributed by atoms with E-state index >= 15 is 0 Å². The fraction of sp³-hybridized carbons (Fsp3) is 0.755. The van der Waals surface area contributed by atoms with Crippen LogP contribution < -0.4 is 10.6 Å². The van der Waals surface area contributed by atoms with Crippen LogP contribution in [-0.2, 0) is 23.9 Å². The number of ketones is 1. The van der Waals surface area contributed by atoms with Crippen molar-refractivity contribution >= 4 is 29.5 Å². The Morgan fingerprint density at radius 1 is 0.814 bits per heavy atom. The molecule has 6 fully saturated rings. The van der Waals surface area contributed by atoms with E-state index in [4.69, 9.17) is 4.74 Å². The zero-order valence-electron chi connectivity index (χ0n) is 37.3. The highest BCUT2D eigenvalue weighted by molar-refractivity contribution is 6.04. The van der Waals surface area contributed by atoms with E-state index in [1.807, 2.05) is 20.8 Å². The highest BCUT2D eigenvalue weighted by atomic mass is 16.5. The van der Waals surface area contributed by atoms with Crippen molar-refractivity contribution in [2.24, 2.45) is 62.6 Å². The van der Waals surface area contributed by atoms with Gasteiger partial charge >= 0.3 is 11.9 Å². The lowest BCUT2D eigenvalue weighted by atomic mass is 9.33. The number of nitrogens with zero attached hydrogens (tertiary/aromatic N) is 1. The van der Waals surface area contributed by atoms with Gasteiger partial charge in [-0.3, -0.25) is 29.0 Å². The number of aromatic nitrogens is 1. The van der Waals surface area contributed by atoms with E-state index in [0.29, 0.717) is 43.1 Å². The molecule has 7 aliphatic rings. The summed E-state index contributed by atoms with van der Waals surface area (Å²) in [5, 5.41) is 16.3. The summed E-state index contributed by atoms with van der Waals surface area (Å²) in [6.45, 7) is 22.0. The first-order chi connectivity index (χ1) is 27.5. The van der Waals surface area contributed by atoms with Crippen molar-refractivity contribution in [3.63, 3.8) is 0 Å². The van der Waals surface area contributed by atoms with Crippen molar-refractivity contribution in [1.82, 2.24) is 15.6 Å². The zero-order valence-corrected chi connectivity index (χ0v) is 37.3. The Bertz CT molecular complexity index is 2000. The van der Waals surface area contributed by atoms with Gasteiger partial charge in [0, 0.05) is 23.7 Å². The van der Waals surface area contributed by atoms with Crippen LogP contribution in [0.5, 0.6) is 0 Å². The third-order valence-corrected chi connectivity index (χ3v) is 19.0. The predicted octanol–water partition coefficient (Wildman–Crippen LogP) is 8.55. The van der Waals surface area contributed by atoms with Crippen LogP contribution in [0.3, 0.4) is 0 Å². The lowest BCUT2D eigenvalue weighted by molar-refractivity contribution is -0.235. The molecule has 3 N–H and O–H groups in total. The molecule has 8 rings (SSSR count). The summed E-state index contributed by atoms with van der Waals surface area (Å²) in [5.41, 5.74) is 0.614. The van der Waals surface area contributed by atoms with Crippen LogP contribution in [0.2, 0.25) is 0 Å². The molecule has 59 heavy (non-hydrogen) atoms. The van der Waals surface area contributed by atoms with Gasteiger partial charge in [0.1, 0.15) is 11.6 Å². The van der Waals surface area contributed by atoms with Crippen LogP contribution >= 0.6 is 0 Å². The molecule has 322 valence electrons. The summed E-state index contributed by atoms with van der Waals surface area (Å²) in [5.74, 6) is -1.36. The van der Waals surface area contributed by atoms with Gasteiger partial charge in [-0.25, -0.2) is 0 Å². The molecule has 7 aliphatic carbocycles. The van der Waals surface area contributed by atoms with Crippen LogP contribution in [0.15, 0.2) is 29.5 Å². The Labute approximate surface area is 351 Å². The number of Topliss-reactive ketones (excluding diaryl/α,β-unsaturated/α-hetero) is 1. The molecular weight excluding hydrogens is 743 g/mol. The Hall–Kier alpha value is -3.56. The molecule has 10 heteroatoms. The number of esters is 1. The monoisotopic (exact) mass is 812 g/mol. The number of carboxylic acids is 1. The van der Waals surface area contributed by atoms with E-state index < -0.39 is 34.3 Å². The van der Waals surface area contributed by atoms with Gasteiger partial charge in [-0.15, -0.1) is 0 Å². The van der Waals surface area contributed by atoms with Crippen LogP contribution in [-0.4, -0.2) is 56.8 Å². The molecule has 0 aromatic carbocycles. The van der Waals surface area contributed by atoms with Crippen molar-refractivity contribution in [3.05, 3.63) is 40.7 Å². The van der Waals surface area contributed by atoms with E-state index in [0.717, 1.165) is 62.6 Å². The lowest BCUT2D eigenvalue weighted by Gasteiger charge is -2.72. The SMILES string of the molecule is Cc1ccc(C(=O)NC2(C(=O)N[C@@]34CC[C@]5(C)[C@H](CC[C@@H]6[C@@]7(C)CC[C@H](OC(=O)[C@H]8C[C@@H](C(=O)O)C8(C)C)C(C)(C)[C@@H]7CC[C@]65C)C3=C(C(C)C)C(=O)C4)CCC2)cn1. The molecule has 0 radical (unpaired) electrons. The Balaban J connectivity index is 1.05. The molecule has 1 aromatic heterocycles. The molecule has 6 saturated carbocycles. The smallest absolute Gasteiger partial charge is 0.309 e. The van der Waals surface area contributed by atoms with Gasteiger partial charge in [-0.05, 0) is 153 Å². The van der Waals surface area contributed by atoms with Crippen molar-refractivity contribution < 1.29 is 33.8 Å². The topological polar surface area (TPSA) is 152 Å². The van der Waals surface area contributed by atoms with E-state index in [1.54, 1.807) is 18.3 Å². The number of amides is 2. The van der Waals surface area contributed by atoms with Crippen molar-refractivity contribution in [1.29, 1.82) is 0 Å². The maximum atomic E-state index is 14.6. The number of nitrogens with one attached hydrogen (secondary N) is 2. The Morgan fingerprint density at radius 2 is 1.53 bits per heavy atom. The zero-order chi connectivity index (χ0) is 42.9. The summed E-state index contributed by atoms with van der Waals surface area (Å²) < 4.78 is 6.42. The Kier molecular flexibility index (Phi) is 9.80. The minimum atomic E-state index is -1.02. The van der Waals surface area contributed by atoms with Gasteiger partial charge in [0.25, 0.3) is 5.91 Å². The second-order valence-electron chi connectivity index (χ2n) is 22.6. The Morgan fingerprint density at radius 3 is 2.12 bits per heavy atom. The highest BCUT2D eigenvalue weighted by Gasteiger charge is 2.71. The standard InChI is InChI=1S/C49H69N3O7/c1-27(2)37-33(53)25-49(52-42(58)48(18-11-19-48)51-39(54)29-13-12-28(3)50-26-29)23-22-46(9)30(38(37)49)14-15-35-45(8)20-17-36(44(6,7)34(45)16-21-47(35,46)10)59-41(57)32-24-31(40(55)56)43(32,4)5/h12-13,26-27,30-32,34-36H,11,14-25H2,1-10H3,(H,51,54)(H,52,58)(H,55,56)/t30-,31+,32-,34+,35-,36+,45+,46-,47-,49-/m1/s1. The molecular formula is C49H69N3O7. The van der Waals surface area contributed by atoms with Gasteiger partial charge < -0.3 is 20.5 Å². The first-order valence-corrected chi connectivity index (χ1v) is 22.8. The maximum Gasteiger partial charge on any atom is 0.309 e. The number of fused-ring (bicyclic) bond motifs is 7. The summed E-state index contributed by atoms with van der Waals surface area (Å²) in [7, 11) is 0. The summed E-state index contributed by atoms with van der Waals surface area (Å²) >= 11 is 0. The summed E-state index contributed by atoms with van der Waals surface area (Å²) in [6.07, 6.45) is 11.3. The van der Waals surface area contributed by atoms with E-state index in [2.05, 4.69) is 64.1 Å². The molecule has 1 heterocycles. The van der Waals surface area contributed by atoms with Gasteiger partial charge in [0.05, 0.1) is 22.9 Å². The number of carboxylic acid groups (broad SMARTS) is 1. The number of ether oxygens (including phenoxy) is 1. The number of rotatable bonds is 8. The molecule has 2 amide bonds. The fourth-order valence-electron chi connectivity index (χ4n) is 15.1. The van der Waals surface area contributed by atoms with Crippen LogP contribution in [0.1, 0.15) is 162 Å². The number of aliphatic carboxylic acids is 1. The second kappa shape index (κ2) is 13.7. The molecule has 10 nitrogen and oxygen atoms in total. The number of carbonyl (C=O) groups excluding carboxylic acids is 4. The summed E-state index contributed by atoms with van der Waals surface area (Å²) in [4.78, 5) is 72.1. The lowest BCUT2D eigenvalue weighted by Crippen LogP contribution is -2.70. The first-order valence-electron chi connectivity index (χ1n) is 22.8. The van der Waals surface area contributed by atoms with Crippen molar-refractivity contribution in [2.45, 2.75) is 170 Å². The second-order valence-corrected chi connectivity index (χ2v) is 22.6. The van der Waals surface area contributed by atoms with Crippen LogP contribution in [0.4, 0.5) is 0 Å². The fourth-order valence-corrected chi connectivity index (χ4v) is 15.1. The summed E-state index contributed by atoms with van der Waals surface area (Å²) in [6, 6.07) is 3.55. The van der Waals surface area contributed by atoms with Gasteiger partial charge in [0.15, 0.2) is 5.78 Å². The molecule has 10 atom stereocenters. The van der Waals surface area contributed by atoms with Gasteiger partial charge in [-0.1, -0.05) is 62.3 Å². The minimum Gasteiger partial charge on any atom is -0.481 e. The molecule has 0 saturated heterocycles. The number of carbonyl (C=O) groups is 5. The van der Waals surface area contributed by atoms with Crippen molar-refractivity contribution in [3.8, 4) is 0 Å². The number of hydrogen-bond acceptors (Lipinski definition) is 7. The minimum absolute atomic E-state index is 0.00923. The van der Waals surface area contributed by atoms with Crippen molar-refractivity contribution in [2.75, 3.05) is 0 Å². The maximum absolute atomic E-state index is 14.6. The molecule has 0 bridgehead atoms. The van der Waals surface area contributed by atoms with Crippen LogP contribution in [0, 0.1) is 69.5 Å². The molecule has 0 spiro atoms. The molecule has 0 aliphatic heterocycles. The number of aryl methyl sites for hydroxylation is 1.